The van der Waals surface area contributed by atoms with Gasteiger partial charge in [-0.3, -0.25) is 4.79 Å². The minimum absolute atomic E-state index is 0.311. The summed E-state index contributed by atoms with van der Waals surface area (Å²) in [6, 6.07) is 0. The number of nitrogens with zero attached hydrogens (tertiary/aromatic N) is 1. The molecule has 0 radical (unpaired) electrons. The summed E-state index contributed by atoms with van der Waals surface area (Å²) in [6.07, 6.45) is 9.84. The molecule has 1 saturated carbocycles. The minimum Gasteiger partial charge on any atom is -0.356 e. The van der Waals surface area contributed by atoms with E-state index in [9.17, 15) is 4.79 Å². The smallest absolute Gasteiger partial charge is 0.223 e. The van der Waals surface area contributed by atoms with Gasteiger partial charge in [-0.2, -0.15) is 0 Å². The molecule has 1 heterocycles. The van der Waals surface area contributed by atoms with E-state index in [0.29, 0.717) is 11.8 Å². The highest BCUT2D eigenvalue weighted by molar-refractivity contribution is 5.78. The highest BCUT2D eigenvalue weighted by Crippen LogP contribution is 2.23. The maximum atomic E-state index is 11.9. The second kappa shape index (κ2) is 7.00. The molecule has 1 aliphatic heterocycles. The van der Waals surface area contributed by atoms with E-state index >= 15 is 0 Å². The number of nitrogens with one attached hydrogen (secondary N) is 1. The average molecular weight is 238 g/mol. The molecule has 17 heavy (non-hydrogen) atoms. The lowest BCUT2D eigenvalue weighted by Crippen LogP contribution is -2.34. The van der Waals surface area contributed by atoms with Crippen LogP contribution in [-0.4, -0.2) is 37.0 Å². The molecule has 0 aromatic rings. The lowest BCUT2D eigenvalue weighted by Gasteiger charge is -2.21. The van der Waals surface area contributed by atoms with Gasteiger partial charge >= 0.3 is 0 Å². The van der Waals surface area contributed by atoms with Crippen molar-refractivity contribution in [1.29, 1.82) is 0 Å². The predicted octanol–water partition coefficient (Wildman–Crippen LogP) is 2.17. The molecule has 2 fully saturated rings. The Hall–Kier alpha value is -0.570. The third kappa shape index (κ3) is 4.30. The summed E-state index contributed by atoms with van der Waals surface area (Å²) in [5.74, 6) is 0.627. The van der Waals surface area contributed by atoms with Crippen molar-refractivity contribution in [3.8, 4) is 0 Å². The second-order valence-electron chi connectivity index (χ2n) is 5.53. The van der Waals surface area contributed by atoms with Crippen molar-refractivity contribution in [1.82, 2.24) is 10.2 Å². The third-order valence-electron chi connectivity index (χ3n) is 4.12. The molecule has 1 amide bonds. The third-order valence-corrected chi connectivity index (χ3v) is 4.12. The highest BCUT2D eigenvalue weighted by Gasteiger charge is 2.20. The van der Waals surface area contributed by atoms with Crippen LogP contribution in [0.15, 0.2) is 0 Å². The Morgan fingerprint density at radius 3 is 2.47 bits per heavy atom. The molecule has 3 nitrogen and oxygen atoms in total. The van der Waals surface area contributed by atoms with Crippen LogP contribution in [0.3, 0.4) is 0 Å². The fourth-order valence-corrected chi connectivity index (χ4v) is 3.03. The first-order chi connectivity index (χ1) is 8.36. The zero-order valence-corrected chi connectivity index (χ0v) is 10.9. The summed E-state index contributed by atoms with van der Waals surface area (Å²) in [5.41, 5.74) is 0. The summed E-state index contributed by atoms with van der Waals surface area (Å²) in [6.45, 7) is 4.55. The molecule has 0 aromatic carbocycles. The molecular weight excluding hydrogens is 212 g/mol. The zero-order valence-electron chi connectivity index (χ0n) is 10.9. The Kier molecular flexibility index (Phi) is 5.30. The maximum Gasteiger partial charge on any atom is 0.223 e. The van der Waals surface area contributed by atoms with E-state index in [1.165, 1.54) is 45.2 Å². The molecule has 2 rings (SSSR count). The van der Waals surface area contributed by atoms with Crippen molar-refractivity contribution in [2.24, 2.45) is 5.92 Å². The molecule has 2 aliphatic rings. The van der Waals surface area contributed by atoms with Gasteiger partial charge in [0.15, 0.2) is 0 Å². The van der Waals surface area contributed by atoms with E-state index in [2.05, 4.69) is 10.2 Å². The number of amides is 1. The Bertz CT molecular complexity index is 230. The van der Waals surface area contributed by atoms with Gasteiger partial charge in [-0.1, -0.05) is 19.3 Å². The summed E-state index contributed by atoms with van der Waals surface area (Å²) >= 11 is 0. The fraction of sp³-hybridized carbons (Fsp3) is 0.929. The monoisotopic (exact) mass is 238 g/mol. The van der Waals surface area contributed by atoms with Gasteiger partial charge < -0.3 is 10.2 Å². The lowest BCUT2D eigenvalue weighted by atomic mass is 9.89. The van der Waals surface area contributed by atoms with Gasteiger partial charge in [-0.15, -0.1) is 0 Å². The largest absolute Gasteiger partial charge is 0.356 e. The molecule has 98 valence electrons. The van der Waals surface area contributed by atoms with Crippen LogP contribution in [0.4, 0.5) is 0 Å². The standard InChI is InChI=1S/C14H26N2O/c17-14(13-7-2-1-3-8-13)15-9-6-12-16-10-4-5-11-16/h13H,1-12H2,(H,15,17). The second-order valence-corrected chi connectivity index (χ2v) is 5.53. The number of hydrogen-bond donors (Lipinski definition) is 1. The molecule has 1 N–H and O–H groups in total. The Morgan fingerprint density at radius 1 is 1.06 bits per heavy atom. The SMILES string of the molecule is O=C(NCCCN1CCCC1)C1CCCCC1. The predicted molar refractivity (Wildman–Crippen MR) is 69.9 cm³/mol. The van der Waals surface area contributed by atoms with Crippen molar-refractivity contribution in [3.05, 3.63) is 0 Å². The molecule has 0 atom stereocenters. The van der Waals surface area contributed by atoms with Crippen LogP contribution >= 0.6 is 0 Å². The zero-order chi connectivity index (χ0) is 11.9. The van der Waals surface area contributed by atoms with Crippen molar-refractivity contribution in [2.75, 3.05) is 26.2 Å². The van der Waals surface area contributed by atoms with Crippen molar-refractivity contribution < 1.29 is 4.79 Å². The Morgan fingerprint density at radius 2 is 1.76 bits per heavy atom. The van der Waals surface area contributed by atoms with E-state index in [-0.39, 0.29) is 0 Å². The van der Waals surface area contributed by atoms with E-state index in [0.717, 1.165) is 32.4 Å². The Balaban J connectivity index is 1.53. The number of carbonyl (C=O) groups excluding carboxylic acids is 1. The average Bonchev–Trinajstić information content (AvgIpc) is 2.88. The van der Waals surface area contributed by atoms with Gasteiger partial charge in [0.05, 0.1) is 0 Å². The maximum absolute atomic E-state index is 11.9. The topological polar surface area (TPSA) is 32.3 Å². The molecule has 1 saturated heterocycles. The first-order valence-corrected chi connectivity index (χ1v) is 7.36. The van der Waals surface area contributed by atoms with Gasteiger partial charge in [0.25, 0.3) is 0 Å². The summed E-state index contributed by atoms with van der Waals surface area (Å²) < 4.78 is 0. The molecule has 0 spiro atoms. The van der Waals surface area contributed by atoms with Crippen LogP contribution in [0, 0.1) is 5.92 Å². The van der Waals surface area contributed by atoms with Crippen molar-refractivity contribution in [2.45, 2.75) is 51.4 Å². The summed E-state index contributed by atoms with van der Waals surface area (Å²) in [5, 5.41) is 3.11. The van der Waals surface area contributed by atoms with Crippen LogP contribution in [0.25, 0.3) is 0 Å². The van der Waals surface area contributed by atoms with Gasteiger partial charge in [0.1, 0.15) is 0 Å². The fourth-order valence-electron chi connectivity index (χ4n) is 3.03. The van der Waals surface area contributed by atoms with Gasteiger partial charge in [0.2, 0.25) is 5.91 Å². The first kappa shape index (κ1) is 12.9. The lowest BCUT2D eigenvalue weighted by molar-refractivity contribution is -0.125. The van der Waals surface area contributed by atoms with E-state index in [4.69, 9.17) is 0 Å². The summed E-state index contributed by atoms with van der Waals surface area (Å²) in [4.78, 5) is 14.4. The van der Waals surface area contributed by atoms with Crippen LogP contribution in [0.1, 0.15) is 51.4 Å². The first-order valence-electron chi connectivity index (χ1n) is 7.36. The van der Waals surface area contributed by atoms with Crippen LogP contribution < -0.4 is 5.32 Å². The van der Waals surface area contributed by atoms with Crippen LogP contribution in [0.5, 0.6) is 0 Å². The minimum atomic E-state index is 0.311. The van der Waals surface area contributed by atoms with E-state index in [1.807, 2.05) is 0 Å². The normalized spacial score (nSPS) is 22.8. The van der Waals surface area contributed by atoms with Gasteiger partial charge in [0, 0.05) is 12.5 Å². The van der Waals surface area contributed by atoms with Crippen LogP contribution in [0.2, 0.25) is 0 Å². The molecular formula is C14H26N2O. The number of hydrogen-bond acceptors (Lipinski definition) is 2. The quantitative estimate of drug-likeness (QED) is 0.745. The number of likely N-dealkylation sites (tertiary alicyclic amines) is 1. The highest BCUT2D eigenvalue weighted by atomic mass is 16.1. The van der Waals surface area contributed by atoms with E-state index < -0.39 is 0 Å². The Labute approximate surface area is 105 Å². The van der Waals surface area contributed by atoms with Crippen LogP contribution in [-0.2, 0) is 4.79 Å². The molecule has 3 heteroatoms. The van der Waals surface area contributed by atoms with Crippen molar-refractivity contribution in [3.63, 3.8) is 0 Å². The number of rotatable bonds is 5. The van der Waals surface area contributed by atoms with Gasteiger partial charge in [-0.05, 0) is 51.7 Å². The molecule has 0 unspecified atom stereocenters. The van der Waals surface area contributed by atoms with Crippen molar-refractivity contribution >= 4 is 5.91 Å². The van der Waals surface area contributed by atoms with E-state index in [1.54, 1.807) is 0 Å². The molecule has 1 aliphatic carbocycles. The summed E-state index contributed by atoms with van der Waals surface area (Å²) in [7, 11) is 0. The van der Waals surface area contributed by atoms with Gasteiger partial charge in [-0.25, -0.2) is 0 Å². The molecule has 0 aromatic heterocycles. The molecule has 0 bridgehead atoms. The number of carbonyl (C=O) groups is 1.